The first-order valence-electron chi connectivity index (χ1n) is 20.3. The van der Waals surface area contributed by atoms with Gasteiger partial charge in [0.25, 0.3) is 0 Å². The smallest absolute Gasteiger partial charge is 0.0468 e. The van der Waals surface area contributed by atoms with Gasteiger partial charge in [-0.25, -0.2) is 0 Å². The second-order valence-corrected chi connectivity index (χ2v) is 16.1. The molecule has 1 heteroatoms. The van der Waals surface area contributed by atoms with E-state index in [1.165, 1.54) is 88.0 Å². The van der Waals surface area contributed by atoms with E-state index in [1.807, 2.05) is 0 Å². The Hall–Kier alpha value is -7.22. The highest BCUT2D eigenvalue weighted by atomic mass is 15.1. The number of benzene rings is 10. The molecule has 0 saturated carbocycles. The van der Waals surface area contributed by atoms with E-state index in [-0.39, 0.29) is 5.41 Å². The molecule has 274 valence electrons. The van der Waals surface area contributed by atoms with Crippen molar-refractivity contribution >= 4 is 49.4 Å². The van der Waals surface area contributed by atoms with Crippen molar-refractivity contribution in [1.29, 1.82) is 0 Å². The summed E-state index contributed by atoms with van der Waals surface area (Å²) in [5, 5.41) is 7.52. The van der Waals surface area contributed by atoms with Gasteiger partial charge in [-0.1, -0.05) is 184 Å². The predicted molar refractivity (Wildman–Crippen MR) is 248 cm³/mol. The Morgan fingerprint density at radius 2 is 0.914 bits per heavy atom. The summed E-state index contributed by atoms with van der Waals surface area (Å²) in [4.78, 5) is 2.41. The molecule has 0 spiro atoms. The van der Waals surface area contributed by atoms with Crippen molar-refractivity contribution in [2.75, 3.05) is 4.90 Å². The van der Waals surface area contributed by atoms with Crippen LogP contribution in [0.2, 0.25) is 0 Å². The van der Waals surface area contributed by atoms with Crippen LogP contribution in [0, 0.1) is 0 Å². The zero-order valence-corrected chi connectivity index (χ0v) is 32.7. The van der Waals surface area contributed by atoms with Crippen LogP contribution in [0.15, 0.2) is 212 Å². The van der Waals surface area contributed by atoms with Crippen molar-refractivity contribution in [2.24, 2.45) is 0 Å². The minimum absolute atomic E-state index is 0.0595. The van der Waals surface area contributed by atoms with Gasteiger partial charge in [-0.3, -0.25) is 0 Å². The topological polar surface area (TPSA) is 3.24 Å². The van der Waals surface area contributed by atoms with Crippen LogP contribution in [0.5, 0.6) is 0 Å². The van der Waals surface area contributed by atoms with E-state index in [0.717, 1.165) is 17.1 Å². The second-order valence-electron chi connectivity index (χ2n) is 16.1. The minimum Gasteiger partial charge on any atom is -0.310 e. The molecule has 0 bridgehead atoms. The SMILES string of the molecule is CC1(C)c2ccccc2-c2c(-c3cccc(N(c4ccc(-c5cccc6c5ccc5ccccc56)cc4)c4ccc5cc(-c6ccccc6)ccc5c4)c3)cccc21. The fourth-order valence-corrected chi connectivity index (χ4v) is 9.52. The maximum Gasteiger partial charge on any atom is 0.0468 e. The molecule has 0 aliphatic heterocycles. The van der Waals surface area contributed by atoms with Gasteiger partial charge in [-0.05, 0) is 130 Å². The van der Waals surface area contributed by atoms with Crippen molar-refractivity contribution in [1.82, 2.24) is 0 Å². The average molecular weight is 740 g/mol. The van der Waals surface area contributed by atoms with Crippen molar-refractivity contribution in [2.45, 2.75) is 19.3 Å². The average Bonchev–Trinajstić information content (AvgIpc) is 3.52. The Morgan fingerprint density at radius 1 is 0.310 bits per heavy atom. The number of hydrogen-bond acceptors (Lipinski definition) is 1. The third-order valence-corrected chi connectivity index (χ3v) is 12.4. The van der Waals surface area contributed by atoms with Gasteiger partial charge in [0, 0.05) is 22.5 Å². The highest BCUT2D eigenvalue weighted by Crippen LogP contribution is 2.52. The number of hydrogen-bond donors (Lipinski definition) is 0. The first-order chi connectivity index (χ1) is 28.5. The maximum absolute atomic E-state index is 2.41. The lowest BCUT2D eigenvalue weighted by Gasteiger charge is -2.27. The van der Waals surface area contributed by atoms with E-state index >= 15 is 0 Å². The first-order valence-corrected chi connectivity index (χ1v) is 20.3. The molecular formula is C57H41N. The summed E-state index contributed by atoms with van der Waals surface area (Å²) < 4.78 is 0. The van der Waals surface area contributed by atoms with Gasteiger partial charge >= 0.3 is 0 Å². The highest BCUT2D eigenvalue weighted by Gasteiger charge is 2.36. The van der Waals surface area contributed by atoms with Crippen LogP contribution in [0.25, 0.3) is 76.8 Å². The van der Waals surface area contributed by atoms with Gasteiger partial charge < -0.3 is 4.90 Å². The van der Waals surface area contributed by atoms with Crippen molar-refractivity contribution < 1.29 is 0 Å². The Balaban J connectivity index is 1.05. The maximum atomic E-state index is 2.41. The molecule has 0 amide bonds. The predicted octanol–water partition coefficient (Wildman–Crippen LogP) is 15.9. The van der Waals surface area contributed by atoms with Crippen molar-refractivity contribution in [3.63, 3.8) is 0 Å². The fraction of sp³-hybridized carbons (Fsp3) is 0.0526. The summed E-state index contributed by atoms with van der Waals surface area (Å²) in [6.45, 7) is 4.71. The van der Waals surface area contributed by atoms with Gasteiger partial charge in [-0.2, -0.15) is 0 Å². The second kappa shape index (κ2) is 13.5. The zero-order chi connectivity index (χ0) is 38.8. The molecule has 1 aliphatic rings. The summed E-state index contributed by atoms with van der Waals surface area (Å²) in [5.41, 5.74) is 16.1. The molecular weight excluding hydrogens is 699 g/mol. The van der Waals surface area contributed by atoms with Gasteiger partial charge in [-0.15, -0.1) is 0 Å². The minimum atomic E-state index is -0.0595. The summed E-state index contributed by atoms with van der Waals surface area (Å²) in [7, 11) is 0. The molecule has 58 heavy (non-hydrogen) atoms. The molecule has 0 fully saturated rings. The normalized spacial score (nSPS) is 12.8. The molecule has 10 aromatic carbocycles. The quantitative estimate of drug-likeness (QED) is 0.154. The van der Waals surface area contributed by atoms with Crippen LogP contribution < -0.4 is 4.90 Å². The van der Waals surface area contributed by atoms with Crippen molar-refractivity contribution in [3.8, 4) is 44.5 Å². The van der Waals surface area contributed by atoms with Crippen molar-refractivity contribution in [3.05, 3.63) is 223 Å². The van der Waals surface area contributed by atoms with Crippen LogP contribution in [-0.4, -0.2) is 0 Å². The molecule has 0 saturated heterocycles. The van der Waals surface area contributed by atoms with Crippen LogP contribution in [0.1, 0.15) is 25.0 Å². The standard InChI is InChI=1S/C57H41N/c1-57(2)54-23-9-8-19-53(54)56-50(21-12-24-55(56)57)44-16-10-17-46(37-44)58(47-33-29-42-35-41(25-26-43(42)36-47)38-13-4-3-5-14-38)45-31-27-40(28-32-45)49-20-11-22-51-48-18-7-6-15-39(48)30-34-52(49)51/h3-37H,1-2H3. The van der Waals surface area contributed by atoms with Gasteiger partial charge in [0.2, 0.25) is 0 Å². The van der Waals surface area contributed by atoms with E-state index in [4.69, 9.17) is 0 Å². The number of rotatable bonds is 6. The van der Waals surface area contributed by atoms with Crippen LogP contribution in [0.3, 0.4) is 0 Å². The Bertz CT molecular complexity index is 3190. The summed E-state index contributed by atoms with van der Waals surface area (Å²) in [6.07, 6.45) is 0. The summed E-state index contributed by atoms with van der Waals surface area (Å²) >= 11 is 0. The highest BCUT2D eigenvalue weighted by molar-refractivity contribution is 6.12. The molecule has 0 N–H and O–H groups in total. The third kappa shape index (κ3) is 5.54. The number of anilines is 3. The largest absolute Gasteiger partial charge is 0.310 e. The van der Waals surface area contributed by atoms with Crippen LogP contribution >= 0.6 is 0 Å². The van der Waals surface area contributed by atoms with Crippen LogP contribution in [0.4, 0.5) is 17.1 Å². The molecule has 1 nitrogen and oxygen atoms in total. The number of fused-ring (bicyclic) bond motifs is 7. The lowest BCUT2D eigenvalue weighted by atomic mass is 9.82. The van der Waals surface area contributed by atoms with E-state index in [0.29, 0.717) is 0 Å². The lowest BCUT2D eigenvalue weighted by Crippen LogP contribution is -2.14. The van der Waals surface area contributed by atoms with E-state index in [2.05, 4.69) is 231 Å². The molecule has 0 aromatic heterocycles. The monoisotopic (exact) mass is 739 g/mol. The molecule has 0 unspecified atom stereocenters. The third-order valence-electron chi connectivity index (χ3n) is 12.4. The lowest BCUT2D eigenvalue weighted by molar-refractivity contribution is 0.660. The molecule has 11 rings (SSSR count). The summed E-state index contributed by atoms with van der Waals surface area (Å²) in [6, 6.07) is 78.2. The molecule has 1 aliphatic carbocycles. The molecule has 0 radical (unpaired) electrons. The first kappa shape index (κ1) is 34.1. The zero-order valence-electron chi connectivity index (χ0n) is 32.7. The molecule has 0 heterocycles. The van der Waals surface area contributed by atoms with E-state index in [9.17, 15) is 0 Å². The van der Waals surface area contributed by atoms with Crippen LogP contribution in [-0.2, 0) is 5.41 Å². The Morgan fingerprint density at radius 3 is 1.81 bits per heavy atom. The van der Waals surface area contributed by atoms with E-state index < -0.39 is 0 Å². The Labute approximate surface area is 340 Å². The van der Waals surface area contributed by atoms with E-state index in [1.54, 1.807) is 0 Å². The Kier molecular flexibility index (Phi) is 7.91. The molecule has 10 aromatic rings. The number of nitrogens with zero attached hydrogens (tertiary/aromatic N) is 1. The molecule has 0 atom stereocenters. The van der Waals surface area contributed by atoms with Gasteiger partial charge in [0.15, 0.2) is 0 Å². The summed E-state index contributed by atoms with van der Waals surface area (Å²) in [5.74, 6) is 0. The fourth-order valence-electron chi connectivity index (χ4n) is 9.52. The van der Waals surface area contributed by atoms with Gasteiger partial charge in [0.05, 0.1) is 0 Å². The van der Waals surface area contributed by atoms with Gasteiger partial charge in [0.1, 0.15) is 0 Å².